The number of hydrogen-bond acceptors (Lipinski definition) is 5. The van der Waals surface area contributed by atoms with Crippen molar-refractivity contribution in [2.45, 2.75) is 0 Å². The van der Waals surface area contributed by atoms with Gasteiger partial charge in [-0.1, -0.05) is 23.5 Å². The van der Waals surface area contributed by atoms with Gasteiger partial charge >= 0.3 is 0 Å². The van der Waals surface area contributed by atoms with Gasteiger partial charge in [-0.15, -0.1) is 0 Å². The molecule has 8 heteroatoms. The minimum Gasteiger partial charge on any atom is -0.378 e. The largest absolute Gasteiger partial charge is 0.378 e. The van der Waals surface area contributed by atoms with Crippen LogP contribution in [-0.4, -0.2) is 36.4 Å². The molecule has 2 aromatic carbocycles. The topological polar surface area (TPSA) is 49.4 Å². The summed E-state index contributed by atoms with van der Waals surface area (Å²) in [4.78, 5) is 6.94. The average Bonchev–Trinajstić information content (AvgIpc) is 3.08. The van der Waals surface area contributed by atoms with Crippen LogP contribution in [0.5, 0.6) is 0 Å². The number of thiazole rings is 1. The molecule has 2 N–H and O–H groups in total. The van der Waals surface area contributed by atoms with E-state index in [1.54, 1.807) is 29.5 Å². The lowest BCUT2D eigenvalue weighted by atomic mass is 10.3. The molecule has 0 saturated carbocycles. The molecule has 0 amide bonds. The van der Waals surface area contributed by atoms with Gasteiger partial charge in [0.2, 0.25) is 0 Å². The molecular weight excluding hydrogens is 371 g/mol. The molecule has 1 aromatic heterocycles. The van der Waals surface area contributed by atoms with E-state index < -0.39 is 0 Å². The molecule has 134 valence electrons. The fourth-order valence-corrected chi connectivity index (χ4v) is 4.01. The Morgan fingerprint density at radius 1 is 1.15 bits per heavy atom. The van der Waals surface area contributed by atoms with Crippen LogP contribution in [0.25, 0.3) is 10.2 Å². The van der Waals surface area contributed by atoms with Crippen LogP contribution >= 0.6 is 23.6 Å². The highest BCUT2D eigenvalue weighted by Gasteiger charge is 2.15. The van der Waals surface area contributed by atoms with Crippen molar-refractivity contribution in [1.29, 1.82) is 0 Å². The lowest BCUT2D eigenvalue weighted by molar-refractivity contribution is 0.122. The van der Waals surface area contributed by atoms with Crippen molar-refractivity contribution in [2.75, 3.05) is 41.8 Å². The molecular formula is C18H17FN4OS2. The Labute approximate surface area is 159 Å². The maximum absolute atomic E-state index is 13.7. The zero-order valence-corrected chi connectivity index (χ0v) is 15.5. The molecule has 0 radical (unpaired) electrons. The Bertz CT molecular complexity index is 940. The van der Waals surface area contributed by atoms with E-state index in [9.17, 15) is 4.39 Å². The number of halogens is 1. The molecule has 1 aliphatic heterocycles. The van der Waals surface area contributed by atoms with E-state index in [-0.39, 0.29) is 5.82 Å². The van der Waals surface area contributed by atoms with E-state index in [2.05, 4.69) is 15.5 Å². The molecule has 4 rings (SSSR count). The van der Waals surface area contributed by atoms with E-state index in [0.29, 0.717) is 10.8 Å². The van der Waals surface area contributed by atoms with Gasteiger partial charge in [-0.3, -0.25) is 0 Å². The fraction of sp³-hybridized carbons (Fsp3) is 0.222. The van der Waals surface area contributed by atoms with E-state index in [1.807, 2.05) is 18.2 Å². The maximum Gasteiger partial charge on any atom is 0.186 e. The Morgan fingerprint density at radius 3 is 2.77 bits per heavy atom. The third-order valence-corrected chi connectivity index (χ3v) is 5.32. The van der Waals surface area contributed by atoms with Crippen molar-refractivity contribution < 1.29 is 9.13 Å². The number of ether oxygens (including phenoxy) is 1. The smallest absolute Gasteiger partial charge is 0.186 e. The third kappa shape index (κ3) is 3.77. The van der Waals surface area contributed by atoms with Gasteiger partial charge in [-0.05, 0) is 42.5 Å². The van der Waals surface area contributed by atoms with Gasteiger partial charge in [0.1, 0.15) is 5.82 Å². The molecule has 1 fully saturated rings. The third-order valence-electron chi connectivity index (χ3n) is 4.04. The van der Waals surface area contributed by atoms with Crippen molar-refractivity contribution in [3.63, 3.8) is 0 Å². The van der Waals surface area contributed by atoms with Gasteiger partial charge in [0.05, 0.1) is 29.1 Å². The monoisotopic (exact) mass is 388 g/mol. The highest BCUT2D eigenvalue weighted by atomic mass is 32.1. The van der Waals surface area contributed by atoms with E-state index in [4.69, 9.17) is 21.9 Å². The average molecular weight is 388 g/mol. The molecule has 0 aliphatic carbocycles. The lowest BCUT2D eigenvalue weighted by Gasteiger charge is -2.25. The van der Waals surface area contributed by atoms with Gasteiger partial charge in [0, 0.05) is 18.8 Å². The number of benzene rings is 2. The SMILES string of the molecule is Fc1ccccc1NC(=S)Nc1ccc2nc(N3CCOCC3)sc2c1. The quantitative estimate of drug-likeness (QED) is 0.660. The number of para-hydroxylation sites is 1. The summed E-state index contributed by atoms with van der Waals surface area (Å²) < 4.78 is 20.2. The van der Waals surface area contributed by atoms with E-state index in [0.717, 1.165) is 47.3 Å². The van der Waals surface area contributed by atoms with Gasteiger partial charge < -0.3 is 20.3 Å². The number of rotatable bonds is 3. The second-order valence-corrected chi connectivity index (χ2v) is 7.25. The standard InChI is InChI=1S/C18H17FN4OS2/c19-13-3-1-2-4-14(13)21-17(25)20-12-5-6-15-16(11-12)26-18(22-15)23-7-9-24-10-8-23/h1-6,11H,7-10H2,(H2,20,21,25). The molecule has 0 bridgehead atoms. The first kappa shape index (κ1) is 17.1. The van der Waals surface area contributed by atoms with Crippen LogP contribution in [0, 0.1) is 5.82 Å². The number of anilines is 3. The summed E-state index contributed by atoms with van der Waals surface area (Å²) in [6, 6.07) is 12.3. The Hall–Kier alpha value is -2.29. The van der Waals surface area contributed by atoms with Crippen molar-refractivity contribution in [2.24, 2.45) is 0 Å². The molecule has 26 heavy (non-hydrogen) atoms. The molecule has 1 saturated heterocycles. The number of morpholine rings is 1. The summed E-state index contributed by atoms with van der Waals surface area (Å²) >= 11 is 6.93. The second kappa shape index (κ2) is 7.53. The second-order valence-electron chi connectivity index (χ2n) is 5.84. The summed E-state index contributed by atoms with van der Waals surface area (Å²) in [7, 11) is 0. The van der Waals surface area contributed by atoms with Crippen LogP contribution in [0.4, 0.5) is 20.9 Å². The molecule has 0 spiro atoms. The zero-order valence-electron chi connectivity index (χ0n) is 13.9. The number of aromatic nitrogens is 1. The van der Waals surface area contributed by atoms with Crippen LogP contribution in [0.3, 0.4) is 0 Å². The summed E-state index contributed by atoms with van der Waals surface area (Å²) in [5.41, 5.74) is 2.14. The molecule has 2 heterocycles. The number of nitrogens with one attached hydrogen (secondary N) is 2. The summed E-state index contributed by atoms with van der Waals surface area (Å²) in [6.45, 7) is 3.20. The predicted molar refractivity (Wildman–Crippen MR) is 109 cm³/mol. The van der Waals surface area contributed by atoms with Crippen molar-refractivity contribution in [3.8, 4) is 0 Å². The summed E-state index contributed by atoms with van der Waals surface area (Å²) in [5.74, 6) is -0.343. The van der Waals surface area contributed by atoms with Gasteiger partial charge in [0.25, 0.3) is 0 Å². The van der Waals surface area contributed by atoms with E-state index >= 15 is 0 Å². The Morgan fingerprint density at radius 2 is 1.96 bits per heavy atom. The highest BCUT2D eigenvalue weighted by molar-refractivity contribution is 7.80. The minimum absolute atomic E-state index is 0.340. The van der Waals surface area contributed by atoms with Crippen molar-refractivity contribution >= 4 is 55.4 Å². The lowest BCUT2D eigenvalue weighted by Crippen LogP contribution is -2.36. The molecule has 3 aromatic rings. The van der Waals surface area contributed by atoms with Gasteiger partial charge in [0.15, 0.2) is 10.2 Å². The fourth-order valence-electron chi connectivity index (χ4n) is 2.73. The normalized spacial score (nSPS) is 14.4. The Kier molecular flexibility index (Phi) is 4.96. The minimum atomic E-state index is -0.343. The molecule has 1 aliphatic rings. The first-order valence-corrected chi connectivity index (χ1v) is 9.47. The number of fused-ring (bicyclic) bond motifs is 1. The van der Waals surface area contributed by atoms with Crippen LogP contribution in [0.1, 0.15) is 0 Å². The number of thiocarbonyl (C=S) groups is 1. The zero-order chi connectivity index (χ0) is 17.9. The van der Waals surface area contributed by atoms with Crippen molar-refractivity contribution in [1.82, 2.24) is 4.98 Å². The molecule has 5 nitrogen and oxygen atoms in total. The van der Waals surface area contributed by atoms with Crippen molar-refractivity contribution in [3.05, 3.63) is 48.3 Å². The maximum atomic E-state index is 13.7. The van der Waals surface area contributed by atoms with Crippen LogP contribution in [0.2, 0.25) is 0 Å². The van der Waals surface area contributed by atoms with Crippen LogP contribution < -0.4 is 15.5 Å². The van der Waals surface area contributed by atoms with Gasteiger partial charge in [-0.25, -0.2) is 9.37 Å². The summed E-state index contributed by atoms with van der Waals surface area (Å²) in [6.07, 6.45) is 0. The summed E-state index contributed by atoms with van der Waals surface area (Å²) in [5, 5.41) is 7.32. The van der Waals surface area contributed by atoms with Crippen LogP contribution in [0.15, 0.2) is 42.5 Å². The molecule has 0 unspecified atom stereocenters. The first-order chi connectivity index (χ1) is 12.7. The predicted octanol–water partition coefficient (Wildman–Crippen LogP) is 4.08. The Balaban J connectivity index is 1.48. The van der Waals surface area contributed by atoms with Crippen LogP contribution in [-0.2, 0) is 4.74 Å². The van der Waals surface area contributed by atoms with Gasteiger partial charge in [-0.2, -0.15) is 0 Å². The number of hydrogen-bond donors (Lipinski definition) is 2. The molecule has 0 atom stereocenters. The highest BCUT2D eigenvalue weighted by Crippen LogP contribution is 2.31. The first-order valence-electron chi connectivity index (χ1n) is 8.25. The van der Waals surface area contributed by atoms with E-state index in [1.165, 1.54) is 6.07 Å². The number of nitrogens with zero attached hydrogens (tertiary/aromatic N) is 2.